The summed E-state index contributed by atoms with van der Waals surface area (Å²) >= 11 is 7.96. The van der Waals surface area contributed by atoms with E-state index in [2.05, 4.69) is 36.8 Å². The normalized spacial score (nSPS) is 10.9. The molecule has 2 rings (SSSR count). The number of nitrogens with zero attached hydrogens (tertiary/aromatic N) is 2. The van der Waals surface area contributed by atoms with E-state index in [9.17, 15) is 0 Å². The first-order valence-electron chi connectivity index (χ1n) is 5.63. The molecule has 0 saturated heterocycles. The van der Waals surface area contributed by atoms with Gasteiger partial charge in [-0.3, -0.25) is 0 Å². The number of halogens is 1. The highest BCUT2D eigenvalue weighted by molar-refractivity contribution is 7.12. The molecule has 0 N–H and O–H groups in total. The van der Waals surface area contributed by atoms with E-state index < -0.39 is 0 Å². The summed E-state index contributed by atoms with van der Waals surface area (Å²) in [7, 11) is 0. The molecule has 0 radical (unpaired) electrons. The molecule has 0 spiro atoms. The molecule has 0 fully saturated rings. The Hall–Kier alpha value is -0.930. The van der Waals surface area contributed by atoms with Crippen LogP contribution in [0.3, 0.4) is 0 Å². The summed E-state index contributed by atoms with van der Waals surface area (Å²) in [6, 6.07) is 2.12. The van der Waals surface area contributed by atoms with Gasteiger partial charge in [-0.15, -0.1) is 11.3 Å². The molecular weight excluding hydrogens is 252 g/mol. The third kappa shape index (κ3) is 2.35. The Morgan fingerprint density at radius 1 is 1.24 bits per heavy atom. The van der Waals surface area contributed by atoms with Crippen LogP contribution in [0.4, 0.5) is 0 Å². The van der Waals surface area contributed by atoms with Crippen molar-refractivity contribution in [2.45, 2.75) is 34.1 Å². The zero-order valence-electron chi connectivity index (χ0n) is 10.5. The average Bonchev–Trinajstić information content (AvgIpc) is 2.57. The van der Waals surface area contributed by atoms with Gasteiger partial charge in [0.25, 0.3) is 0 Å². The van der Waals surface area contributed by atoms with E-state index in [4.69, 9.17) is 11.6 Å². The summed E-state index contributed by atoms with van der Waals surface area (Å²) in [5.41, 5.74) is 3.12. The van der Waals surface area contributed by atoms with Crippen molar-refractivity contribution in [2.75, 3.05) is 0 Å². The summed E-state index contributed by atoms with van der Waals surface area (Å²) in [6.45, 7) is 8.24. The van der Waals surface area contributed by atoms with E-state index in [1.54, 1.807) is 11.3 Å². The minimum atomic E-state index is 0.582. The fourth-order valence-electron chi connectivity index (χ4n) is 1.94. The van der Waals surface area contributed by atoms with Gasteiger partial charge < -0.3 is 0 Å². The van der Waals surface area contributed by atoms with E-state index in [-0.39, 0.29) is 0 Å². The molecule has 0 unspecified atom stereocenters. The van der Waals surface area contributed by atoms with Crippen LogP contribution >= 0.6 is 22.9 Å². The van der Waals surface area contributed by atoms with Crippen molar-refractivity contribution in [1.82, 2.24) is 9.97 Å². The van der Waals surface area contributed by atoms with E-state index in [0.717, 1.165) is 29.1 Å². The topological polar surface area (TPSA) is 25.8 Å². The fraction of sp³-hybridized carbons (Fsp3) is 0.385. The minimum Gasteiger partial charge on any atom is -0.233 e. The van der Waals surface area contributed by atoms with Gasteiger partial charge in [0.1, 0.15) is 5.15 Å². The molecule has 2 nitrogen and oxygen atoms in total. The second-order valence-electron chi connectivity index (χ2n) is 4.08. The third-order valence-electron chi connectivity index (χ3n) is 2.80. The Balaban J connectivity index is 2.58. The maximum Gasteiger partial charge on any atom is 0.162 e. The van der Waals surface area contributed by atoms with Crippen molar-refractivity contribution in [3.05, 3.63) is 32.2 Å². The number of thiophene rings is 1. The lowest BCUT2D eigenvalue weighted by atomic mass is 10.1. The number of rotatable bonds is 2. The van der Waals surface area contributed by atoms with Crippen LogP contribution in [0.5, 0.6) is 0 Å². The van der Waals surface area contributed by atoms with Crippen molar-refractivity contribution in [2.24, 2.45) is 0 Å². The molecule has 0 aliphatic rings. The van der Waals surface area contributed by atoms with Gasteiger partial charge >= 0.3 is 0 Å². The van der Waals surface area contributed by atoms with Crippen LogP contribution in [0, 0.1) is 20.8 Å². The summed E-state index contributed by atoms with van der Waals surface area (Å²) in [5.74, 6) is 0.742. The molecule has 2 aromatic rings. The zero-order chi connectivity index (χ0) is 12.6. The quantitative estimate of drug-likeness (QED) is 0.756. The van der Waals surface area contributed by atoms with Gasteiger partial charge in [0.05, 0.1) is 0 Å². The van der Waals surface area contributed by atoms with Crippen molar-refractivity contribution >= 4 is 22.9 Å². The summed E-state index contributed by atoms with van der Waals surface area (Å²) in [5, 5.41) is 0.582. The standard InChI is InChI=1S/C13H15ClN2S/c1-5-10-8(3)15-13(16-12(10)14)11-6-7(2)17-9(11)4/h6H,5H2,1-4H3. The maximum absolute atomic E-state index is 6.20. The van der Waals surface area contributed by atoms with Crippen LogP contribution in [0.25, 0.3) is 11.4 Å². The largest absolute Gasteiger partial charge is 0.233 e. The van der Waals surface area contributed by atoms with E-state index >= 15 is 0 Å². The van der Waals surface area contributed by atoms with E-state index in [0.29, 0.717) is 5.15 Å². The van der Waals surface area contributed by atoms with E-state index in [1.807, 2.05) is 6.92 Å². The summed E-state index contributed by atoms with van der Waals surface area (Å²) < 4.78 is 0. The first-order valence-corrected chi connectivity index (χ1v) is 6.82. The van der Waals surface area contributed by atoms with E-state index in [1.165, 1.54) is 9.75 Å². The molecule has 90 valence electrons. The smallest absolute Gasteiger partial charge is 0.162 e. The SMILES string of the molecule is CCc1c(C)nc(-c2cc(C)sc2C)nc1Cl. The van der Waals surface area contributed by atoms with Gasteiger partial charge in [-0.2, -0.15) is 0 Å². The molecule has 0 aliphatic carbocycles. The second-order valence-corrected chi connectivity index (χ2v) is 5.90. The highest BCUT2D eigenvalue weighted by atomic mass is 35.5. The van der Waals surface area contributed by atoms with Crippen molar-refractivity contribution in [1.29, 1.82) is 0 Å². The Kier molecular flexibility index (Phi) is 3.50. The lowest BCUT2D eigenvalue weighted by molar-refractivity contribution is 1.00. The number of hydrogen-bond acceptors (Lipinski definition) is 3. The van der Waals surface area contributed by atoms with Gasteiger partial charge in [0.15, 0.2) is 5.82 Å². The predicted molar refractivity (Wildman–Crippen MR) is 73.9 cm³/mol. The lowest BCUT2D eigenvalue weighted by Crippen LogP contribution is -1.99. The lowest BCUT2D eigenvalue weighted by Gasteiger charge is -2.07. The van der Waals surface area contributed by atoms with Crippen LogP contribution < -0.4 is 0 Å². The monoisotopic (exact) mass is 266 g/mol. The van der Waals surface area contributed by atoms with Crippen LogP contribution in [-0.2, 0) is 6.42 Å². The fourth-order valence-corrected chi connectivity index (χ4v) is 3.21. The van der Waals surface area contributed by atoms with Crippen LogP contribution in [-0.4, -0.2) is 9.97 Å². The van der Waals surface area contributed by atoms with Crippen LogP contribution in [0.15, 0.2) is 6.07 Å². The van der Waals surface area contributed by atoms with Crippen molar-refractivity contribution in [3.8, 4) is 11.4 Å². The molecule has 4 heteroatoms. The van der Waals surface area contributed by atoms with Crippen molar-refractivity contribution in [3.63, 3.8) is 0 Å². The molecule has 0 amide bonds. The second kappa shape index (κ2) is 4.75. The van der Waals surface area contributed by atoms with Crippen molar-refractivity contribution < 1.29 is 0 Å². The first kappa shape index (κ1) is 12.5. The molecule has 17 heavy (non-hydrogen) atoms. The van der Waals surface area contributed by atoms with Crippen LogP contribution in [0.2, 0.25) is 5.15 Å². The molecule has 0 atom stereocenters. The summed E-state index contributed by atoms with van der Waals surface area (Å²) in [4.78, 5) is 11.5. The molecular formula is C13H15ClN2S. The minimum absolute atomic E-state index is 0.582. The highest BCUT2D eigenvalue weighted by Crippen LogP contribution is 2.30. The van der Waals surface area contributed by atoms with Gasteiger partial charge in [0, 0.05) is 26.6 Å². The highest BCUT2D eigenvalue weighted by Gasteiger charge is 2.13. The Morgan fingerprint density at radius 3 is 2.41 bits per heavy atom. The molecule has 2 heterocycles. The predicted octanol–water partition coefficient (Wildman–Crippen LogP) is 4.35. The van der Waals surface area contributed by atoms with Gasteiger partial charge in [0.2, 0.25) is 0 Å². The number of hydrogen-bond donors (Lipinski definition) is 0. The first-order chi connectivity index (χ1) is 8.02. The Labute approximate surface area is 111 Å². The molecule has 2 aromatic heterocycles. The molecule has 0 aliphatic heterocycles. The average molecular weight is 267 g/mol. The molecule has 0 bridgehead atoms. The van der Waals surface area contributed by atoms with Gasteiger partial charge in [-0.1, -0.05) is 18.5 Å². The Bertz CT molecular complexity index is 538. The number of aryl methyl sites for hydroxylation is 3. The summed E-state index contributed by atoms with van der Waals surface area (Å²) in [6.07, 6.45) is 0.868. The maximum atomic E-state index is 6.20. The molecule has 0 saturated carbocycles. The molecule has 0 aromatic carbocycles. The number of aromatic nitrogens is 2. The van der Waals surface area contributed by atoms with Crippen LogP contribution in [0.1, 0.15) is 27.9 Å². The van der Waals surface area contributed by atoms with Gasteiger partial charge in [-0.25, -0.2) is 9.97 Å². The van der Waals surface area contributed by atoms with Gasteiger partial charge in [-0.05, 0) is 33.3 Å². The Morgan fingerprint density at radius 2 is 1.94 bits per heavy atom. The third-order valence-corrected chi connectivity index (χ3v) is 4.08. The zero-order valence-corrected chi connectivity index (χ0v) is 12.0.